The molecule has 1 aromatic rings. The van der Waals surface area contributed by atoms with Crippen LogP contribution in [0, 0.1) is 12.8 Å². The Hall–Kier alpha value is -1.52. The second-order valence-electron chi connectivity index (χ2n) is 4.03. The Balaban J connectivity index is 2.79. The van der Waals surface area contributed by atoms with Crippen molar-refractivity contribution in [1.29, 1.82) is 0 Å². The molecule has 1 rings (SSSR count). The number of aryl methyl sites for hydroxylation is 1. The monoisotopic (exact) mass is 246 g/mol. The van der Waals surface area contributed by atoms with E-state index in [4.69, 9.17) is 5.11 Å². The van der Waals surface area contributed by atoms with E-state index >= 15 is 0 Å². The number of aliphatic carboxylic acids is 1. The van der Waals surface area contributed by atoms with Crippen LogP contribution in [0.15, 0.2) is 24.3 Å². The van der Waals surface area contributed by atoms with Crippen molar-refractivity contribution in [2.45, 2.75) is 25.9 Å². The zero-order valence-corrected chi connectivity index (χ0v) is 9.29. The number of rotatable bonds is 4. The summed E-state index contributed by atoms with van der Waals surface area (Å²) in [6.07, 6.45) is -5.67. The molecule has 0 aliphatic rings. The molecular weight excluding hydrogens is 233 g/mol. The Morgan fingerprint density at radius 1 is 1.29 bits per heavy atom. The summed E-state index contributed by atoms with van der Waals surface area (Å²) in [6.45, 7) is 1.84. The van der Waals surface area contributed by atoms with Gasteiger partial charge >= 0.3 is 12.1 Å². The second-order valence-corrected chi connectivity index (χ2v) is 4.03. The summed E-state index contributed by atoms with van der Waals surface area (Å²) in [5.41, 5.74) is 1.45. The molecule has 0 aromatic heterocycles. The van der Waals surface area contributed by atoms with Crippen LogP contribution in [0.5, 0.6) is 0 Å². The average molecular weight is 246 g/mol. The van der Waals surface area contributed by atoms with Crippen LogP contribution in [0.2, 0.25) is 0 Å². The normalized spacial score (nSPS) is 13.4. The number of hydrogen-bond donors (Lipinski definition) is 1. The van der Waals surface area contributed by atoms with Gasteiger partial charge in [0.15, 0.2) is 0 Å². The molecule has 0 saturated carbocycles. The predicted molar refractivity (Wildman–Crippen MR) is 56.7 cm³/mol. The van der Waals surface area contributed by atoms with Gasteiger partial charge in [-0.3, -0.25) is 4.79 Å². The maximum absolute atomic E-state index is 12.6. The molecule has 0 fully saturated rings. The Labute approximate surface area is 97.1 Å². The van der Waals surface area contributed by atoms with E-state index in [0.717, 1.165) is 5.56 Å². The third kappa shape index (κ3) is 4.46. The molecule has 0 aliphatic heterocycles. The zero-order valence-electron chi connectivity index (χ0n) is 9.29. The van der Waals surface area contributed by atoms with Crippen molar-refractivity contribution >= 4 is 5.97 Å². The van der Waals surface area contributed by atoms with E-state index in [1.807, 2.05) is 6.92 Å². The molecule has 0 bridgehead atoms. The van der Waals surface area contributed by atoms with Gasteiger partial charge in [0, 0.05) is 0 Å². The number of carboxylic acids is 1. The third-order valence-electron chi connectivity index (χ3n) is 2.49. The fourth-order valence-electron chi connectivity index (χ4n) is 1.52. The van der Waals surface area contributed by atoms with Gasteiger partial charge in [-0.25, -0.2) is 0 Å². The molecular formula is C12H13F3O2. The van der Waals surface area contributed by atoms with E-state index in [0.29, 0.717) is 5.56 Å². The lowest BCUT2D eigenvalue weighted by Crippen LogP contribution is -2.27. The highest BCUT2D eigenvalue weighted by Crippen LogP contribution is 2.31. The Morgan fingerprint density at radius 2 is 1.82 bits per heavy atom. The van der Waals surface area contributed by atoms with E-state index in [2.05, 4.69) is 0 Å². The van der Waals surface area contributed by atoms with Gasteiger partial charge in [-0.2, -0.15) is 13.2 Å². The highest BCUT2D eigenvalue weighted by molar-refractivity contribution is 5.67. The first-order chi connectivity index (χ1) is 7.79. The van der Waals surface area contributed by atoms with Gasteiger partial charge < -0.3 is 5.11 Å². The second kappa shape index (κ2) is 5.21. The van der Waals surface area contributed by atoms with Crippen LogP contribution in [0.3, 0.4) is 0 Å². The molecule has 0 spiro atoms. The number of hydrogen-bond acceptors (Lipinski definition) is 1. The molecule has 1 N–H and O–H groups in total. The van der Waals surface area contributed by atoms with E-state index in [1.165, 1.54) is 0 Å². The van der Waals surface area contributed by atoms with E-state index in [-0.39, 0.29) is 6.42 Å². The Bertz CT molecular complexity index is 382. The fourth-order valence-corrected chi connectivity index (χ4v) is 1.52. The molecule has 1 aromatic carbocycles. The molecule has 17 heavy (non-hydrogen) atoms. The maximum Gasteiger partial charge on any atom is 0.392 e. The summed E-state index contributed by atoms with van der Waals surface area (Å²) in [4.78, 5) is 10.4. The van der Waals surface area contributed by atoms with Gasteiger partial charge in [0.2, 0.25) is 0 Å². The van der Waals surface area contributed by atoms with Crippen molar-refractivity contribution in [2.75, 3.05) is 0 Å². The van der Waals surface area contributed by atoms with Gasteiger partial charge in [-0.15, -0.1) is 0 Å². The first-order valence-corrected chi connectivity index (χ1v) is 5.13. The topological polar surface area (TPSA) is 37.3 Å². The van der Waals surface area contributed by atoms with Crippen LogP contribution >= 0.6 is 0 Å². The maximum atomic E-state index is 12.6. The largest absolute Gasteiger partial charge is 0.481 e. The predicted octanol–water partition coefficient (Wildman–Crippen LogP) is 3.19. The number of halogens is 3. The minimum Gasteiger partial charge on any atom is -0.481 e. The standard InChI is InChI=1S/C12H13F3O2/c1-8-2-4-9(5-3-8)6-10(7-11(16)17)12(13,14)15/h2-5,10H,6-7H2,1H3,(H,16,17). The summed E-state index contributed by atoms with van der Waals surface area (Å²) in [6, 6.07) is 6.61. The van der Waals surface area contributed by atoms with Crippen LogP contribution in [-0.2, 0) is 11.2 Å². The van der Waals surface area contributed by atoms with Gasteiger partial charge in [0.05, 0.1) is 12.3 Å². The van der Waals surface area contributed by atoms with Crippen LogP contribution in [0.4, 0.5) is 13.2 Å². The van der Waals surface area contributed by atoms with Crippen molar-refractivity contribution < 1.29 is 23.1 Å². The van der Waals surface area contributed by atoms with Gasteiger partial charge in [-0.1, -0.05) is 29.8 Å². The highest BCUT2D eigenvalue weighted by Gasteiger charge is 2.40. The van der Waals surface area contributed by atoms with E-state index in [1.54, 1.807) is 24.3 Å². The van der Waals surface area contributed by atoms with Gasteiger partial charge in [0.1, 0.15) is 0 Å². The van der Waals surface area contributed by atoms with Crippen LogP contribution < -0.4 is 0 Å². The van der Waals surface area contributed by atoms with E-state index < -0.39 is 24.5 Å². The fraction of sp³-hybridized carbons (Fsp3) is 0.417. The average Bonchev–Trinajstić information content (AvgIpc) is 2.18. The first kappa shape index (κ1) is 13.5. The number of carboxylic acid groups (broad SMARTS) is 1. The molecule has 5 heteroatoms. The zero-order chi connectivity index (χ0) is 13.1. The van der Waals surface area contributed by atoms with Crippen LogP contribution in [0.1, 0.15) is 17.5 Å². The molecule has 0 amide bonds. The SMILES string of the molecule is Cc1ccc(CC(CC(=O)O)C(F)(F)F)cc1. The summed E-state index contributed by atoms with van der Waals surface area (Å²) in [5.74, 6) is -3.26. The molecule has 2 nitrogen and oxygen atoms in total. The summed E-state index contributed by atoms with van der Waals surface area (Å²) >= 11 is 0. The molecule has 0 saturated heterocycles. The summed E-state index contributed by atoms with van der Waals surface area (Å²) in [7, 11) is 0. The van der Waals surface area contributed by atoms with Crippen LogP contribution in [0.25, 0.3) is 0 Å². The van der Waals surface area contributed by atoms with Gasteiger partial charge in [0.25, 0.3) is 0 Å². The third-order valence-corrected chi connectivity index (χ3v) is 2.49. The molecule has 0 radical (unpaired) electrons. The summed E-state index contributed by atoms with van der Waals surface area (Å²) < 4.78 is 37.7. The molecule has 1 atom stereocenters. The summed E-state index contributed by atoms with van der Waals surface area (Å²) in [5, 5.41) is 8.47. The number of alkyl halides is 3. The lowest BCUT2D eigenvalue weighted by Gasteiger charge is -2.18. The smallest absolute Gasteiger partial charge is 0.392 e. The van der Waals surface area contributed by atoms with E-state index in [9.17, 15) is 18.0 Å². The Morgan fingerprint density at radius 3 is 2.24 bits per heavy atom. The van der Waals surface area contributed by atoms with Crippen molar-refractivity contribution in [3.8, 4) is 0 Å². The Kier molecular flexibility index (Phi) is 4.15. The van der Waals surface area contributed by atoms with Crippen LogP contribution in [-0.4, -0.2) is 17.3 Å². The minimum atomic E-state index is -4.48. The van der Waals surface area contributed by atoms with Crippen molar-refractivity contribution in [1.82, 2.24) is 0 Å². The highest BCUT2D eigenvalue weighted by atomic mass is 19.4. The molecule has 1 unspecified atom stereocenters. The lowest BCUT2D eigenvalue weighted by atomic mass is 9.95. The number of carbonyl (C=O) groups is 1. The lowest BCUT2D eigenvalue weighted by molar-refractivity contribution is -0.182. The molecule has 0 aliphatic carbocycles. The number of benzene rings is 1. The first-order valence-electron chi connectivity index (χ1n) is 5.13. The molecule has 0 heterocycles. The quantitative estimate of drug-likeness (QED) is 0.885. The molecule has 94 valence electrons. The van der Waals surface area contributed by atoms with Crippen molar-refractivity contribution in [2.24, 2.45) is 5.92 Å². The van der Waals surface area contributed by atoms with Crippen molar-refractivity contribution in [3.05, 3.63) is 35.4 Å². The van der Waals surface area contributed by atoms with Gasteiger partial charge in [-0.05, 0) is 18.9 Å². The van der Waals surface area contributed by atoms with Crippen molar-refractivity contribution in [3.63, 3.8) is 0 Å². The minimum absolute atomic E-state index is 0.296.